The van der Waals surface area contributed by atoms with E-state index in [-0.39, 0.29) is 23.1 Å². The number of ether oxygens (including phenoxy) is 2. The zero-order chi connectivity index (χ0) is 31.3. The molecule has 0 aliphatic rings. The molecule has 0 spiro atoms. The second-order valence-electron chi connectivity index (χ2n) is 8.77. The lowest BCUT2D eigenvalue weighted by molar-refractivity contribution is 0.101. The molecule has 0 atom stereocenters. The van der Waals surface area contributed by atoms with Crippen LogP contribution in [0.3, 0.4) is 0 Å². The molecule has 43 heavy (non-hydrogen) atoms. The van der Waals surface area contributed by atoms with Gasteiger partial charge >= 0.3 is 0 Å². The molecule has 226 valence electrons. The van der Waals surface area contributed by atoms with Crippen LogP contribution in [-0.4, -0.2) is 50.9 Å². The first kappa shape index (κ1) is 31.1. The lowest BCUT2D eigenvalue weighted by Gasteiger charge is -2.14. The summed E-state index contributed by atoms with van der Waals surface area (Å²) in [6.07, 6.45) is 1.30. The molecule has 0 radical (unpaired) electrons. The molecule has 0 saturated carbocycles. The van der Waals surface area contributed by atoms with Gasteiger partial charge in [-0.3, -0.25) is 4.79 Å². The van der Waals surface area contributed by atoms with E-state index in [0.717, 1.165) is 6.20 Å². The van der Waals surface area contributed by atoms with Crippen LogP contribution in [0.1, 0.15) is 10.4 Å². The molecule has 0 aliphatic carbocycles. The maximum Gasteiger partial charge on any atom is 0.260 e. The van der Waals surface area contributed by atoms with Gasteiger partial charge in [-0.05, 0) is 42.5 Å². The Hall–Kier alpha value is -4.83. The first-order valence-electron chi connectivity index (χ1n) is 12.1. The van der Waals surface area contributed by atoms with Gasteiger partial charge in [-0.1, -0.05) is 6.07 Å². The second kappa shape index (κ2) is 13.0. The van der Waals surface area contributed by atoms with Gasteiger partial charge in [-0.2, -0.15) is 4.98 Å². The van der Waals surface area contributed by atoms with Crippen LogP contribution in [0, 0.1) is 29.1 Å². The molecule has 0 bridgehead atoms. The maximum absolute atomic E-state index is 14.5. The highest BCUT2D eigenvalue weighted by Gasteiger charge is 2.34. The van der Waals surface area contributed by atoms with Gasteiger partial charge in [0.05, 0.1) is 12.8 Å². The van der Waals surface area contributed by atoms with Crippen molar-refractivity contribution in [3.8, 4) is 5.75 Å². The summed E-state index contributed by atoms with van der Waals surface area (Å²) in [6.45, 7) is 0.789. The number of nitrogens with zero attached hydrogens (tertiary/aromatic N) is 2. The van der Waals surface area contributed by atoms with Crippen LogP contribution in [0.25, 0.3) is 0 Å². The quantitative estimate of drug-likeness (QED) is 0.0666. The molecule has 1 heterocycles. The fourth-order valence-electron chi connectivity index (χ4n) is 3.69. The topological polar surface area (TPSA) is 132 Å². The summed E-state index contributed by atoms with van der Waals surface area (Å²) in [5, 5.41) is 7.67. The van der Waals surface area contributed by atoms with Gasteiger partial charge < -0.3 is 25.4 Å². The predicted octanol–water partition coefficient (Wildman–Crippen LogP) is 5.34. The lowest BCUT2D eigenvalue weighted by atomic mass is 10.1. The van der Waals surface area contributed by atoms with Crippen molar-refractivity contribution in [2.45, 2.75) is 4.90 Å². The second-order valence-corrected chi connectivity index (χ2v) is 10.7. The number of nitrogens with one attached hydrogen (secondary N) is 3. The first-order valence-corrected chi connectivity index (χ1v) is 14.0. The zero-order valence-corrected chi connectivity index (χ0v) is 23.2. The molecule has 1 amide bonds. The van der Waals surface area contributed by atoms with Crippen molar-refractivity contribution in [2.75, 3.05) is 42.5 Å². The number of methoxy groups -OCH3 is 1. The number of benzene rings is 3. The molecule has 0 unspecified atom stereocenters. The average molecular weight is 624 g/mol. The number of anilines is 5. The van der Waals surface area contributed by atoms with Crippen LogP contribution in [0.5, 0.6) is 5.75 Å². The van der Waals surface area contributed by atoms with E-state index in [2.05, 4.69) is 25.9 Å². The minimum atomic E-state index is -4.72. The lowest BCUT2D eigenvalue weighted by Crippen LogP contribution is -2.22. The number of hydrogen-bond acceptors (Lipinski definition) is 9. The normalized spacial score (nSPS) is 11.2. The molecule has 0 aliphatic heterocycles. The van der Waals surface area contributed by atoms with Crippen molar-refractivity contribution in [2.24, 2.45) is 0 Å². The van der Waals surface area contributed by atoms with Gasteiger partial charge in [0.15, 0.2) is 44.7 Å². The smallest absolute Gasteiger partial charge is 0.260 e. The molecule has 0 saturated heterocycles. The number of hydrogen-bond donors (Lipinski definition) is 3. The maximum atomic E-state index is 14.5. The Morgan fingerprint density at radius 3 is 2.21 bits per heavy atom. The van der Waals surface area contributed by atoms with E-state index < -0.39 is 55.3 Å². The predicted molar refractivity (Wildman–Crippen MR) is 146 cm³/mol. The van der Waals surface area contributed by atoms with E-state index in [0.29, 0.717) is 30.9 Å². The highest BCUT2D eigenvalue weighted by Crippen LogP contribution is 2.30. The van der Waals surface area contributed by atoms with Gasteiger partial charge in [0.25, 0.3) is 5.91 Å². The van der Waals surface area contributed by atoms with E-state index in [1.165, 1.54) is 24.3 Å². The van der Waals surface area contributed by atoms with Gasteiger partial charge in [-0.15, -0.1) is 0 Å². The monoisotopic (exact) mass is 623 g/mol. The van der Waals surface area contributed by atoms with Crippen molar-refractivity contribution in [3.63, 3.8) is 0 Å². The van der Waals surface area contributed by atoms with Crippen molar-refractivity contribution < 1.29 is 44.6 Å². The summed E-state index contributed by atoms with van der Waals surface area (Å²) in [5.41, 5.74) is -0.973. The summed E-state index contributed by atoms with van der Waals surface area (Å²) >= 11 is 0. The number of amides is 1. The number of rotatable bonds is 11. The third-order valence-electron chi connectivity index (χ3n) is 5.62. The number of carbonyl (C=O) groups excluding carboxylic acids is 1. The molecule has 0 fully saturated rings. The van der Waals surface area contributed by atoms with E-state index in [1.54, 1.807) is 31.4 Å². The van der Waals surface area contributed by atoms with E-state index in [1.807, 2.05) is 0 Å². The minimum Gasteiger partial charge on any atom is -0.491 e. The van der Waals surface area contributed by atoms with Gasteiger partial charge in [0, 0.05) is 30.4 Å². The molecule has 3 N–H and O–H groups in total. The molecular formula is C27H22F5N5O5S. The number of carbonyl (C=O) groups is 1. The zero-order valence-electron chi connectivity index (χ0n) is 22.3. The third-order valence-corrected chi connectivity index (χ3v) is 6.74. The third kappa shape index (κ3) is 7.34. The van der Waals surface area contributed by atoms with Crippen molar-refractivity contribution in [3.05, 3.63) is 89.4 Å². The molecule has 16 heteroatoms. The summed E-state index contributed by atoms with van der Waals surface area (Å²) in [6, 6.07) is 12.0. The molecule has 1 aromatic heterocycles. The summed E-state index contributed by atoms with van der Waals surface area (Å²) in [4.78, 5) is 19.1. The van der Waals surface area contributed by atoms with Gasteiger partial charge in [-0.25, -0.2) is 35.4 Å². The summed E-state index contributed by atoms with van der Waals surface area (Å²) < 4.78 is 105. The number of sulfone groups is 1. The first-order chi connectivity index (χ1) is 20.4. The van der Waals surface area contributed by atoms with Crippen LogP contribution in [0.4, 0.5) is 50.8 Å². The largest absolute Gasteiger partial charge is 0.491 e. The summed E-state index contributed by atoms with van der Waals surface area (Å²) in [5.74, 6) is -11.3. The van der Waals surface area contributed by atoms with Crippen molar-refractivity contribution in [1.29, 1.82) is 0 Å². The Bertz CT molecular complexity index is 1780. The number of halogens is 5. The highest BCUT2D eigenvalue weighted by atomic mass is 32.2. The SMILES string of the molecule is COCCOc1ccc(Nc2ncc(F)c(Nc3cccc(NC(=O)c4c(F)c(F)c(F)c(F)c4S(C)(=O)=O)c3)n2)cc1. The average Bonchev–Trinajstić information content (AvgIpc) is 2.96. The minimum absolute atomic E-state index is 0.0190. The van der Waals surface area contributed by atoms with E-state index >= 15 is 0 Å². The Labute approximate surface area is 241 Å². The Balaban J connectivity index is 1.53. The fourth-order valence-corrected chi connectivity index (χ4v) is 4.66. The van der Waals surface area contributed by atoms with Crippen LogP contribution in [0.15, 0.2) is 59.6 Å². The van der Waals surface area contributed by atoms with Gasteiger partial charge in [0.1, 0.15) is 22.8 Å². The van der Waals surface area contributed by atoms with Crippen molar-refractivity contribution in [1.82, 2.24) is 9.97 Å². The standard InChI is InChI=1S/C27H22F5N5O5S/c1-41-10-11-42-17-8-6-14(7-9-17)36-27-33-13-18(28)25(37-27)34-15-4-3-5-16(12-15)35-26(38)19-20(29)21(30)22(31)23(32)24(19)43(2,39)40/h3-9,12-13H,10-11H2,1-2H3,(H,35,38)(H2,33,34,36,37). The molecule has 3 aromatic carbocycles. The molecule has 10 nitrogen and oxygen atoms in total. The molecule has 4 aromatic rings. The highest BCUT2D eigenvalue weighted by molar-refractivity contribution is 7.90. The van der Waals surface area contributed by atoms with Crippen LogP contribution >= 0.6 is 0 Å². The van der Waals surface area contributed by atoms with E-state index in [4.69, 9.17) is 9.47 Å². The van der Waals surface area contributed by atoms with Crippen LogP contribution < -0.4 is 20.7 Å². The molecular weight excluding hydrogens is 601 g/mol. The number of aromatic nitrogens is 2. The van der Waals surface area contributed by atoms with E-state index in [9.17, 15) is 35.2 Å². The van der Waals surface area contributed by atoms with Crippen molar-refractivity contribution >= 4 is 44.6 Å². The van der Waals surface area contributed by atoms with Gasteiger partial charge in [0.2, 0.25) is 5.95 Å². The molecule has 4 rings (SSSR count). The Kier molecular flexibility index (Phi) is 9.40. The van der Waals surface area contributed by atoms with Crippen LogP contribution in [0.2, 0.25) is 0 Å². The summed E-state index contributed by atoms with van der Waals surface area (Å²) in [7, 11) is -3.16. The Morgan fingerprint density at radius 1 is 0.860 bits per heavy atom. The van der Waals surface area contributed by atoms with Crippen LogP contribution in [-0.2, 0) is 14.6 Å². The fraction of sp³-hybridized carbons (Fsp3) is 0.148. The Morgan fingerprint density at radius 2 is 1.53 bits per heavy atom.